The number of para-hydroxylation sites is 1. The number of hydrogen-bond acceptors (Lipinski definition) is 5. The summed E-state index contributed by atoms with van der Waals surface area (Å²) >= 11 is 0. The number of hydrogen-bond donors (Lipinski definition) is 1. The van der Waals surface area contributed by atoms with Gasteiger partial charge in [0.25, 0.3) is 0 Å². The molecule has 77 heavy (non-hydrogen) atoms. The van der Waals surface area contributed by atoms with Gasteiger partial charge >= 0.3 is 0 Å². The number of aromatic nitrogens is 3. The van der Waals surface area contributed by atoms with E-state index in [0.717, 1.165) is 77.7 Å². The van der Waals surface area contributed by atoms with Crippen LogP contribution in [0.2, 0.25) is 19.6 Å². The number of nitrogens with zero attached hydrogens (tertiary/aromatic N) is 4. The van der Waals surface area contributed by atoms with Crippen molar-refractivity contribution in [3.05, 3.63) is 173 Å². The fourth-order valence-electron chi connectivity index (χ4n) is 12.0. The molecule has 7 aromatic carbocycles. The molecule has 1 aliphatic carbocycles. The van der Waals surface area contributed by atoms with Crippen LogP contribution in [-0.4, -0.2) is 27.7 Å². The number of pyridine rings is 1. The third kappa shape index (κ3) is 8.25. The van der Waals surface area contributed by atoms with Crippen LogP contribution in [0.5, 0.6) is 5.75 Å². The molecule has 6 nitrogen and oxygen atoms in total. The van der Waals surface area contributed by atoms with Gasteiger partial charge in [0.1, 0.15) is 22.7 Å². The van der Waals surface area contributed by atoms with Crippen LogP contribution in [0.25, 0.3) is 94.7 Å². The Bertz CT molecular complexity index is 4080. The maximum absolute atomic E-state index is 12.8. The summed E-state index contributed by atoms with van der Waals surface area (Å²) < 4.78 is 9.46. The Morgan fingerprint density at radius 2 is 1.26 bits per heavy atom. The first-order valence-electron chi connectivity index (χ1n) is 27.3. The Morgan fingerprint density at radius 3 is 1.91 bits per heavy atom. The van der Waals surface area contributed by atoms with Crippen molar-refractivity contribution in [2.75, 3.05) is 0 Å². The fraction of sp³-hybridized carbons (Fsp3) is 0.300. The molecular formula is C70H72N4O2Si. The van der Waals surface area contributed by atoms with Crippen LogP contribution in [-0.2, 0) is 27.1 Å². The summed E-state index contributed by atoms with van der Waals surface area (Å²) in [6, 6.07) is 50.2. The zero-order valence-corrected chi connectivity index (χ0v) is 48.9. The van der Waals surface area contributed by atoms with Gasteiger partial charge in [-0.25, -0.2) is 4.98 Å². The molecular weight excluding hydrogens is 957 g/mol. The van der Waals surface area contributed by atoms with E-state index in [2.05, 4.69) is 242 Å². The van der Waals surface area contributed by atoms with Gasteiger partial charge in [0, 0.05) is 55.6 Å². The van der Waals surface area contributed by atoms with E-state index in [1.54, 1.807) is 0 Å². The molecule has 0 bridgehead atoms. The minimum atomic E-state index is -1.54. The fourth-order valence-corrected chi connectivity index (χ4v) is 13.1. The SMILES string of the molecule is CC(C)(C)c1ccc(-n2c(-c3cc(C(C)(C)C)cc(C(C)(C)C)c3O)nc3c(-c4cc5c(c6c4oc4cc(C#N)ccc46)C(C)(C)C(C)(C)c4c(-c6ccc([Si](C)(C)C)cc6)ccnc4-5)cccc32)c(-c2ccccc2)c1. The van der Waals surface area contributed by atoms with Crippen molar-refractivity contribution in [2.45, 2.75) is 137 Å². The Morgan fingerprint density at radius 1 is 0.597 bits per heavy atom. The molecule has 388 valence electrons. The minimum absolute atomic E-state index is 0.120. The molecule has 0 atom stereocenters. The number of rotatable bonds is 6. The lowest BCUT2D eigenvalue weighted by atomic mass is 9.54. The van der Waals surface area contributed by atoms with Crippen molar-refractivity contribution in [1.82, 2.24) is 14.5 Å². The average Bonchev–Trinajstić information content (AvgIpc) is 4.20. The monoisotopic (exact) mass is 1030 g/mol. The number of fused-ring (bicyclic) bond motifs is 8. The molecule has 11 rings (SSSR count). The van der Waals surface area contributed by atoms with Crippen LogP contribution in [0.1, 0.15) is 123 Å². The quantitative estimate of drug-likeness (QED) is 0.168. The van der Waals surface area contributed by atoms with Crippen molar-refractivity contribution < 1.29 is 9.52 Å². The van der Waals surface area contributed by atoms with Gasteiger partial charge < -0.3 is 9.52 Å². The maximum atomic E-state index is 12.8. The van der Waals surface area contributed by atoms with Gasteiger partial charge in [-0.2, -0.15) is 5.26 Å². The first-order chi connectivity index (χ1) is 36.1. The van der Waals surface area contributed by atoms with Crippen LogP contribution in [0.3, 0.4) is 0 Å². The van der Waals surface area contributed by atoms with E-state index in [1.165, 1.54) is 33.0 Å². The van der Waals surface area contributed by atoms with E-state index >= 15 is 0 Å². The molecule has 1 N–H and O–H groups in total. The summed E-state index contributed by atoms with van der Waals surface area (Å²) in [5.41, 5.74) is 17.4. The lowest BCUT2D eigenvalue weighted by Crippen LogP contribution is -2.44. The van der Waals surface area contributed by atoms with Crippen LogP contribution < -0.4 is 5.19 Å². The summed E-state index contributed by atoms with van der Waals surface area (Å²) in [5.74, 6) is 0.857. The van der Waals surface area contributed by atoms with Crippen LogP contribution in [0.15, 0.2) is 144 Å². The Kier molecular flexibility index (Phi) is 11.7. The molecule has 0 unspecified atom stereocenters. The number of phenolic OH excluding ortho intramolecular Hbond substituents is 1. The highest BCUT2D eigenvalue weighted by atomic mass is 28.3. The number of aromatic hydroxyl groups is 1. The second-order valence-corrected chi connectivity index (χ2v) is 31.9. The minimum Gasteiger partial charge on any atom is -0.507 e. The number of imidazole rings is 1. The van der Waals surface area contributed by atoms with Crippen LogP contribution in [0.4, 0.5) is 0 Å². The van der Waals surface area contributed by atoms with Gasteiger partial charge in [0.15, 0.2) is 0 Å². The van der Waals surface area contributed by atoms with Crippen LogP contribution in [0, 0.1) is 11.3 Å². The van der Waals surface area contributed by atoms with Gasteiger partial charge in [0.2, 0.25) is 0 Å². The van der Waals surface area contributed by atoms with Gasteiger partial charge in [0.05, 0.1) is 47.7 Å². The molecule has 0 aliphatic heterocycles. The van der Waals surface area contributed by atoms with E-state index in [4.69, 9.17) is 14.4 Å². The molecule has 0 saturated heterocycles. The molecule has 0 fully saturated rings. The summed E-state index contributed by atoms with van der Waals surface area (Å²) in [6.45, 7) is 36.6. The first kappa shape index (κ1) is 51.6. The van der Waals surface area contributed by atoms with Crippen molar-refractivity contribution in [1.29, 1.82) is 5.26 Å². The molecule has 7 heteroatoms. The average molecular weight is 1030 g/mol. The molecule has 10 aromatic rings. The van der Waals surface area contributed by atoms with E-state index in [-0.39, 0.29) is 22.0 Å². The molecule has 0 radical (unpaired) electrons. The van der Waals surface area contributed by atoms with E-state index in [1.807, 2.05) is 18.3 Å². The molecule has 1 aliphatic rings. The van der Waals surface area contributed by atoms with Crippen LogP contribution >= 0.6 is 0 Å². The summed E-state index contributed by atoms with van der Waals surface area (Å²) in [4.78, 5) is 11.2. The topological polar surface area (TPSA) is 87.9 Å². The number of phenols is 1. The third-order valence-electron chi connectivity index (χ3n) is 17.1. The first-order valence-corrected chi connectivity index (χ1v) is 30.8. The molecule has 0 saturated carbocycles. The van der Waals surface area contributed by atoms with Crippen molar-refractivity contribution in [3.63, 3.8) is 0 Å². The summed E-state index contributed by atoms with van der Waals surface area (Å²) in [7, 11) is -1.54. The highest BCUT2D eigenvalue weighted by Gasteiger charge is 2.50. The van der Waals surface area contributed by atoms with Gasteiger partial charge in [-0.05, 0) is 110 Å². The lowest BCUT2D eigenvalue weighted by Gasteiger charge is -2.49. The molecule has 0 amide bonds. The Hall–Kier alpha value is -7.53. The zero-order valence-electron chi connectivity index (χ0n) is 47.9. The van der Waals surface area contributed by atoms with Crippen molar-refractivity contribution in [2.24, 2.45) is 0 Å². The standard InChI is InChI=1S/C70H72N4O2Si/c1-66(2,3)44-28-32-55(50(36-44)42-21-18-17-19-22-42)74-56-24-20-23-48(61(56)73-65(74)53-37-45(67(4,5)6)38-54(63(53)75)68(7,8)9)51-39-52-59(58-49-31-25-41(40-71)35-57(49)76-64(51)58)69(10,11)70(12,13)60-47(33-34-72-62(52)60)43-26-29-46(30-27-43)77(14,15)16/h17-39,75H,1-16H3. The van der Waals surface area contributed by atoms with Crippen molar-refractivity contribution in [3.8, 4) is 73.5 Å². The largest absolute Gasteiger partial charge is 0.507 e. The maximum Gasteiger partial charge on any atom is 0.149 e. The predicted molar refractivity (Wildman–Crippen MR) is 325 cm³/mol. The summed E-state index contributed by atoms with van der Waals surface area (Å²) in [6.07, 6.45) is 1.98. The molecule has 0 spiro atoms. The van der Waals surface area contributed by atoms with Gasteiger partial charge in [-0.3, -0.25) is 9.55 Å². The normalized spacial score (nSPS) is 14.5. The zero-order chi connectivity index (χ0) is 55.1. The third-order valence-corrected chi connectivity index (χ3v) is 19.2. The number of nitriles is 1. The second-order valence-electron chi connectivity index (χ2n) is 26.8. The number of benzene rings is 7. The lowest BCUT2D eigenvalue weighted by molar-refractivity contribution is 0.301. The van der Waals surface area contributed by atoms with E-state index < -0.39 is 18.9 Å². The second kappa shape index (κ2) is 17.5. The smallest absolute Gasteiger partial charge is 0.149 e. The Balaban J connectivity index is 1.29. The predicted octanol–water partition coefficient (Wildman–Crippen LogP) is 18.2. The van der Waals surface area contributed by atoms with Gasteiger partial charge in [-0.1, -0.05) is 194 Å². The molecule has 3 aromatic heterocycles. The summed E-state index contributed by atoms with van der Waals surface area (Å²) in [5, 5.41) is 26.4. The van der Waals surface area contributed by atoms with Crippen molar-refractivity contribution >= 4 is 46.2 Å². The molecule has 3 heterocycles. The van der Waals surface area contributed by atoms with Gasteiger partial charge in [-0.15, -0.1) is 0 Å². The highest BCUT2D eigenvalue weighted by Crippen LogP contribution is 2.60. The Labute approximate surface area is 456 Å². The van der Waals surface area contributed by atoms with E-state index in [9.17, 15) is 10.4 Å². The number of furan rings is 1. The highest BCUT2D eigenvalue weighted by molar-refractivity contribution is 6.88. The van der Waals surface area contributed by atoms with E-state index in [0.29, 0.717) is 22.5 Å².